The van der Waals surface area contributed by atoms with Crippen molar-refractivity contribution < 1.29 is 18.7 Å². The summed E-state index contributed by atoms with van der Waals surface area (Å²) in [7, 11) is 0. The van der Waals surface area contributed by atoms with Crippen LogP contribution in [0.3, 0.4) is 0 Å². The molecule has 2 heterocycles. The molecule has 0 radical (unpaired) electrons. The first-order valence-electron chi connectivity index (χ1n) is 11.2. The van der Waals surface area contributed by atoms with Crippen LogP contribution in [-0.4, -0.2) is 29.7 Å². The van der Waals surface area contributed by atoms with Gasteiger partial charge in [-0.2, -0.15) is 0 Å². The summed E-state index contributed by atoms with van der Waals surface area (Å²) in [5.41, 5.74) is 4.08. The predicted octanol–water partition coefficient (Wildman–Crippen LogP) is 4.00. The monoisotopic (exact) mass is 433 g/mol. The Kier molecular flexibility index (Phi) is 5.47. The molecule has 0 saturated carbocycles. The van der Waals surface area contributed by atoms with E-state index in [1.807, 2.05) is 61.2 Å². The number of carbonyl (C=O) groups is 1. The molecule has 32 heavy (non-hydrogen) atoms. The molecule has 0 unspecified atom stereocenters. The van der Waals surface area contributed by atoms with Gasteiger partial charge in [0.25, 0.3) is 0 Å². The van der Waals surface area contributed by atoms with Crippen molar-refractivity contribution in [1.82, 2.24) is 4.90 Å². The molecule has 2 aromatic carbocycles. The van der Waals surface area contributed by atoms with E-state index in [2.05, 4.69) is 0 Å². The van der Waals surface area contributed by atoms with E-state index in [0.717, 1.165) is 46.9 Å². The summed E-state index contributed by atoms with van der Waals surface area (Å²) in [4.78, 5) is 27.6. The van der Waals surface area contributed by atoms with Crippen molar-refractivity contribution >= 4 is 16.9 Å². The number of fused-ring (bicyclic) bond motifs is 5. The zero-order chi connectivity index (χ0) is 22.2. The molecule has 0 bridgehead atoms. The lowest BCUT2D eigenvalue weighted by atomic mass is 10.00. The second kappa shape index (κ2) is 8.43. The number of hydrogen-bond acceptors (Lipinski definition) is 6. The smallest absolute Gasteiger partial charge is 0.339 e. The highest BCUT2D eigenvalue weighted by Gasteiger charge is 2.33. The maximum atomic E-state index is 13.0. The van der Waals surface area contributed by atoms with Gasteiger partial charge in [0, 0.05) is 17.5 Å². The van der Waals surface area contributed by atoms with E-state index in [9.17, 15) is 9.59 Å². The lowest BCUT2D eigenvalue weighted by Crippen LogP contribution is -2.47. The summed E-state index contributed by atoms with van der Waals surface area (Å²) in [5.74, 6) is 0.420. The Bertz CT molecular complexity index is 1210. The summed E-state index contributed by atoms with van der Waals surface area (Å²) in [5, 5.41) is 0.977. The van der Waals surface area contributed by atoms with E-state index < -0.39 is 6.04 Å². The molecule has 1 aliphatic carbocycles. The Balaban J connectivity index is 1.52. The van der Waals surface area contributed by atoms with Crippen LogP contribution >= 0.6 is 0 Å². The van der Waals surface area contributed by atoms with Crippen molar-refractivity contribution in [2.45, 2.75) is 58.2 Å². The molecule has 1 atom stereocenters. The van der Waals surface area contributed by atoms with Crippen LogP contribution in [0.4, 0.5) is 0 Å². The van der Waals surface area contributed by atoms with Gasteiger partial charge in [0.05, 0.1) is 11.7 Å². The van der Waals surface area contributed by atoms with Crippen molar-refractivity contribution in [3.63, 3.8) is 0 Å². The summed E-state index contributed by atoms with van der Waals surface area (Å²) in [6.45, 7) is 4.40. The van der Waals surface area contributed by atoms with Crippen molar-refractivity contribution in [3.05, 3.63) is 75.1 Å². The normalized spacial score (nSPS) is 16.5. The van der Waals surface area contributed by atoms with E-state index in [0.29, 0.717) is 24.3 Å². The number of benzene rings is 2. The molecule has 0 fully saturated rings. The Labute approximate surface area is 186 Å². The van der Waals surface area contributed by atoms with E-state index >= 15 is 0 Å². The van der Waals surface area contributed by atoms with Crippen LogP contribution in [-0.2, 0) is 35.3 Å². The molecule has 1 aromatic heterocycles. The number of carbonyl (C=O) groups excluding carboxylic acids is 1. The third-order valence-electron chi connectivity index (χ3n) is 6.29. The van der Waals surface area contributed by atoms with Crippen molar-refractivity contribution in [2.24, 2.45) is 0 Å². The van der Waals surface area contributed by atoms with Crippen molar-refractivity contribution in [1.29, 1.82) is 0 Å². The van der Waals surface area contributed by atoms with Gasteiger partial charge >= 0.3 is 11.6 Å². The van der Waals surface area contributed by atoms with E-state index in [1.54, 1.807) is 0 Å². The fourth-order valence-corrected chi connectivity index (χ4v) is 4.78. The third-order valence-corrected chi connectivity index (χ3v) is 6.29. The number of nitrogens with zero attached hydrogens (tertiary/aromatic N) is 1. The van der Waals surface area contributed by atoms with E-state index in [1.165, 1.54) is 0 Å². The lowest BCUT2D eigenvalue weighted by Gasteiger charge is -2.34. The van der Waals surface area contributed by atoms with Crippen LogP contribution in [0.25, 0.3) is 11.0 Å². The van der Waals surface area contributed by atoms with Gasteiger partial charge in [-0.3, -0.25) is 9.69 Å². The molecule has 0 N–H and O–H groups in total. The summed E-state index contributed by atoms with van der Waals surface area (Å²) in [6.07, 6.45) is 2.93. The van der Waals surface area contributed by atoms with Gasteiger partial charge in [0.15, 0.2) is 0 Å². The molecular formula is C26H27NO5. The van der Waals surface area contributed by atoms with E-state index in [-0.39, 0.29) is 24.4 Å². The second-order valence-electron chi connectivity index (χ2n) is 8.83. The number of aryl methyl sites for hydroxylation is 1. The average molecular weight is 434 g/mol. The average Bonchev–Trinajstić information content (AvgIpc) is 3.28. The maximum absolute atomic E-state index is 13.0. The number of esters is 1. The van der Waals surface area contributed by atoms with Crippen molar-refractivity contribution in [3.8, 4) is 5.75 Å². The fraction of sp³-hybridized carbons (Fsp3) is 0.385. The molecular weight excluding hydrogens is 406 g/mol. The first-order chi connectivity index (χ1) is 15.5. The number of hydrogen-bond donors (Lipinski definition) is 0. The summed E-state index contributed by atoms with van der Waals surface area (Å²) in [6, 6.07) is 13.3. The van der Waals surface area contributed by atoms with Gasteiger partial charge in [-0.1, -0.05) is 30.3 Å². The highest BCUT2D eigenvalue weighted by atomic mass is 16.5. The minimum absolute atomic E-state index is 0.208. The Hall–Kier alpha value is -3.12. The summed E-state index contributed by atoms with van der Waals surface area (Å²) >= 11 is 0. The van der Waals surface area contributed by atoms with Crippen LogP contribution < -0.4 is 10.4 Å². The van der Waals surface area contributed by atoms with Crippen LogP contribution in [0.1, 0.15) is 42.5 Å². The maximum Gasteiger partial charge on any atom is 0.339 e. The molecule has 0 saturated heterocycles. The SMILES string of the molecule is CC(C)OC(=O)[C@H](Cc1ccccc1)N1COc2ccc3c4c(c(=O)oc3c2C1)CCC4. The topological polar surface area (TPSA) is 69.0 Å². The molecule has 3 aromatic rings. The van der Waals surface area contributed by atoms with Gasteiger partial charge in [0.1, 0.15) is 24.1 Å². The number of ether oxygens (including phenoxy) is 2. The van der Waals surface area contributed by atoms with Crippen LogP contribution in [0.5, 0.6) is 5.75 Å². The van der Waals surface area contributed by atoms with Crippen LogP contribution in [0.2, 0.25) is 0 Å². The van der Waals surface area contributed by atoms with Gasteiger partial charge < -0.3 is 13.9 Å². The predicted molar refractivity (Wildman–Crippen MR) is 121 cm³/mol. The van der Waals surface area contributed by atoms with Crippen LogP contribution in [0.15, 0.2) is 51.7 Å². The largest absolute Gasteiger partial charge is 0.478 e. The minimum Gasteiger partial charge on any atom is -0.478 e. The second-order valence-corrected chi connectivity index (χ2v) is 8.83. The number of rotatable bonds is 5. The van der Waals surface area contributed by atoms with Gasteiger partial charge in [-0.25, -0.2) is 4.79 Å². The first kappa shape index (κ1) is 20.8. The lowest BCUT2D eigenvalue weighted by molar-refractivity contribution is -0.156. The first-order valence-corrected chi connectivity index (χ1v) is 11.2. The molecule has 1 aliphatic heterocycles. The summed E-state index contributed by atoms with van der Waals surface area (Å²) < 4.78 is 17.4. The van der Waals surface area contributed by atoms with Gasteiger partial charge in [0.2, 0.25) is 0 Å². The fourth-order valence-electron chi connectivity index (χ4n) is 4.78. The molecule has 6 heteroatoms. The molecule has 0 amide bonds. The molecule has 166 valence electrons. The van der Waals surface area contributed by atoms with Crippen LogP contribution in [0, 0.1) is 0 Å². The third kappa shape index (κ3) is 3.79. The molecule has 6 nitrogen and oxygen atoms in total. The highest BCUT2D eigenvalue weighted by Crippen LogP contribution is 2.36. The minimum atomic E-state index is -0.510. The van der Waals surface area contributed by atoms with Crippen molar-refractivity contribution in [2.75, 3.05) is 6.73 Å². The molecule has 5 rings (SSSR count). The zero-order valence-corrected chi connectivity index (χ0v) is 18.4. The van der Waals surface area contributed by atoms with Gasteiger partial charge in [-0.05, 0) is 62.8 Å². The van der Waals surface area contributed by atoms with Gasteiger partial charge in [-0.15, -0.1) is 0 Å². The van der Waals surface area contributed by atoms with E-state index in [4.69, 9.17) is 13.9 Å². The standard InChI is InChI=1S/C26H27NO5/c1-16(2)31-26(29)22(13-17-7-4-3-5-8-17)27-14-21-23(30-15-27)12-11-19-18-9-6-10-20(18)25(28)32-24(19)21/h3-5,7-8,11-12,16,22H,6,9-10,13-15H2,1-2H3/t22-/m0/s1. The Morgan fingerprint density at radius 2 is 1.84 bits per heavy atom. The highest BCUT2D eigenvalue weighted by molar-refractivity contribution is 5.86. The molecule has 2 aliphatic rings. The molecule has 0 spiro atoms. The Morgan fingerprint density at radius 3 is 2.62 bits per heavy atom. The Morgan fingerprint density at radius 1 is 1.06 bits per heavy atom. The quantitative estimate of drug-likeness (QED) is 0.448. The zero-order valence-electron chi connectivity index (χ0n) is 18.4.